The highest BCUT2D eigenvalue weighted by Gasteiger charge is 2.30. The zero-order valence-electron chi connectivity index (χ0n) is 23.4. The van der Waals surface area contributed by atoms with Gasteiger partial charge in [0.15, 0.2) is 11.5 Å². The third-order valence-corrected chi connectivity index (χ3v) is 6.90. The molecule has 0 radical (unpaired) electrons. The Hall–Kier alpha value is -5.17. The quantitative estimate of drug-likeness (QED) is 0.183. The van der Waals surface area contributed by atoms with Gasteiger partial charge in [0.1, 0.15) is 29.3 Å². The Labute approximate surface area is 251 Å². The fourth-order valence-electron chi connectivity index (χ4n) is 4.84. The second kappa shape index (κ2) is 12.8. The SMILES string of the molecule is NCCCN1CC(n2nnc(Cn3cc(NC(=O)c4cnn5cccnc45)c(-c4cc(OC(F)F)ccc4OC(F)F)n3)n2)C1. The highest BCUT2D eigenvalue weighted by atomic mass is 19.3. The van der Waals surface area contributed by atoms with Gasteiger partial charge in [-0.1, -0.05) is 0 Å². The third-order valence-electron chi connectivity index (χ3n) is 6.90. The molecule has 6 rings (SSSR count). The second-order valence-electron chi connectivity index (χ2n) is 9.99. The number of carbonyl (C=O) groups excluding carboxylic acids is 1. The lowest BCUT2D eigenvalue weighted by molar-refractivity contribution is -0.0526. The van der Waals surface area contributed by atoms with E-state index in [0.717, 1.165) is 44.3 Å². The van der Waals surface area contributed by atoms with E-state index in [2.05, 4.69) is 50.3 Å². The molecule has 19 heteroatoms. The molecule has 0 aliphatic carbocycles. The van der Waals surface area contributed by atoms with Crippen molar-refractivity contribution in [2.24, 2.45) is 5.73 Å². The lowest BCUT2D eigenvalue weighted by Gasteiger charge is -2.37. The number of halogens is 4. The van der Waals surface area contributed by atoms with E-state index in [1.807, 2.05) is 0 Å². The van der Waals surface area contributed by atoms with Crippen LogP contribution in [0.25, 0.3) is 16.9 Å². The molecule has 0 saturated carbocycles. The molecule has 5 aromatic rings. The van der Waals surface area contributed by atoms with Crippen molar-refractivity contribution >= 4 is 17.2 Å². The fourth-order valence-corrected chi connectivity index (χ4v) is 4.84. The number of nitrogens with two attached hydrogens (primary N) is 1. The molecule has 3 N–H and O–H groups in total. The number of amides is 1. The number of anilines is 1. The molecule has 1 aromatic carbocycles. The molecule has 45 heavy (non-hydrogen) atoms. The van der Waals surface area contributed by atoms with Gasteiger partial charge in [-0.2, -0.15) is 32.6 Å². The van der Waals surface area contributed by atoms with Crippen molar-refractivity contribution in [1.29, 1.82) is 0 Å². The average Bonchev–Trinajstić information content (AvgIpc) is 3.71. The van der Waals surface area contributed by atoms with E-state index in [1.165, 1.54) is 32.6 Å². The number of aromatic nitrogens is 9. The molecule has 1 fully saturated rings. The van der Waals surface area contributed by atoms with Crippen LogP contribution in [-0.4, -0.2) is 94.8 Å². The topological polar surface area (TPSA) is 168 Å². The smallest absolute Gasteiger partial charge is 0.387 e. The molecule has 1 aliphatic rings. The summed E-state index contributed by atoms with van der Waals surface area (Å²) in [5.74, 6) is -1.09. The van der Waals surface area contributed by atoms with Gasteiger partial charge in [0.2, 0.25) is 0 Å². The number of alkyl halides is 4. The normalized spacial score (nSPS) is 13.9. The molecule has 1 amide bonds. The van der Waals surface area contributed by atoms with Gasteiger partial charge in [0.05, 0.1) is 23.5 Å². The molecular formula is C26H26F4N12O3. The van der Waals surface area contributed by atoms with Crippen LogP contribution < -0.4 is 20.5 Å². The number of hydrogen-bond donors (Lipinski definition) is 2. The van der Waals surface area contributed by atoms with Gasteiger partial charge in [0.25, 0.3) is 5.91 Å². The maximum atomic E-state index is 13.4. The Morgan fingerprint density at radius 2 is 1.96 bits per heavy atom. The molecule has 1 aliphatic heterocycles. The van der Waals surface area contributed by atoms with Crippen LogP contribution in [0.3, 0.4) is 0 Å². The number of rotatable bonds is 13. The number of hydrogen-bond acceptors (Lipinski definition) is 11. The Kier molecular flexibility index (Phi) is 8.52. The minimum absolute atomic E-state index is 0.0248. The van der Waals surface area contributed by atoms with Crippen LogP contribution in [0, 0.1) is 0 Å². The number of ether oxygens (including phenoxy) is 2. The number of likely N-dealkylation sites (tertiary alicyclic amines) is 1. The summed E-state index contributed by atoms with van der Waals surface area (Å²) in [7, 11) is 0. The summed E-state index contributed by atoms with van der Waals surface area (Å²) in [5.41, 5.74) is 5.75. The molecule has 0 atom stereocenters. The van der Waals surface area contributed by atoms with Crippen molar-refractivity contribution in [3.05, 3.63) is 60.4 Å². The standard InChI is InChI=1S/C26H26F4N12O3/c27-25(28)44-16-3-4-20(45-26(29)30)17(9-16)22-19(34-24(43)18-10-33-41-8-2-6-32-23(18)41)13-40(37-22)14-21-35-38-42(36-21)15-11-39(12-15)7-1-5-31/h2-4,6,8-10,13,15,25-26H,1,5,7,11-12,14,31H2,(H,34,43). The zero-order chi connectivity index (χ0) is 31.5. The maximum absolute atomic E-state index is 13.4. The molecule has 0 spiro atoms. The van der Waals surface area contributed by atoms with Crippen LogP contribution in [0.4, 0.5) is 23.2 Å². The second-order valence-corrected chi connectivity index (χ2v) is 9.99. The van der Waals surface area contributed by atoms with Crippen LogP contribution in [0.15, 0.2) is 49.1 Å². The summed E-state index contributed by atoms with van der Waals surface area (Å²) in [6.07, 6.45) is 6.70. The zero-order valence-corrected chi connectivity index (χ0v) is 23.4. The summed E-state index contributed by atoms with van der Waals surface area (Å²) >= 11 is 0. The van der Waals surface area contributed by atoms with Crippen LogP contribution in [-0.2, 0) is 6.54 Å². The minimum atomic E-state index is -3.24. The fraction of sp³-hybridized carbons (Fsp3) is 0.346. The van der Waals surface area contributed by atoms with Crippen molar-refractivity contribution in [1.82, 2.24) is 49.5 Å². The Morgan fingerprint density at radius 1 is 1.13 bits per heavy atom. The molecule has 236 valence electrons. The number of fused-ring (bicyclic) bond motifs is 1. The maximum Gasteiger partial charge on any atom is 0.387 e. The summed E-state index contributed by atoms with van der Waals surface area (Å²) in [4.78, 5) is 21.3. The van der Waals surface area contributed by atoms with Crippen LogP contribution in [0.5, 0.6) is 11.5 Å². The van der Waals surface area contributed by atoms with Crippen LogP contribution in [0.2, 0.25) is 0 Å². The minimum Gasteiger partial charge on any atom is -0.435 e. The number of tetrazole rings is 1. The number of nitrogens with one attached hydrogen (secondary N) is 1. The van der Waals surface area contributed by atoms with Crippen molar-refractivity contribution in [2.75, 3.05) is 31.5 Å². The van der Waals surface area contributed by atoms with E-state index < -0.39 is 24.9 Å². The monoisotopic (exact) mass is 630 g/mol. The van der Waals surface area contributed by atoms with Crippen molar-refractivity contribution in [3.63, 3.8) is 0 Å². The Bertz CT molecular complexity index is 1790. The molecular weight excluding hydrogens is 604 g/mol. The summed E-state index contributed by atoms with van der Waals surface area (Å²) in [6.45, 7) is -3.46. The van der Waals surface area contributed by atoms with E-state index >= 15 is 0 Å². The van der Waals surface area contributed by atoms with E-state index in [-0.39, 0.29) is 52.3 Å². The molecule has 5 heterocycles. The van der Waals surface area contributed by atoms with Crippen LogP contribution in [0.1, 0.15) is 28.6 Å². The predicted octanol–water partition coefficient (Wildman–Crippen LogP) is 2.29. The first kappa shape index (κ1) is 29.9. The van der Waals surface area contributed by atoms with E-state index in [0.29, 0.717) is 6.54 Å². The summed E-state index contributed by atoms with van der Waals surface area (Å²) < 4.78 is 64.6. The number of nitrogens with zero attached hydrogens (tertiary/aromatic N) is 10. The van der Waals surface area contributed by atoms with Gasteiger partial charge in [-0.15, -0.1) is 10.2 Å². The predicted molar refractivity (Wildman–Crippen MR) is 148 cm³/mol. The molecule has 0 unspecified atom stereocenters. The number of benzene rings is 1. The summed E-state index contributed by atoms with van der Waals surface area (Å²) in [5, 5.41) is 23.9. The van der Waals surface area contributed by atoms with Crippen LogP contribution >= 0.6 is 0 Å². The number of carbonyl (C=O) groups is 1. The van der Waals surface area contributed by atoms with Gasteiger partial charge in [-0.25, -0.2) is 9.50 Å². The van der Waals surface area contributed by atoms with Gasteiger partial charge in [-0.3, -0.25) is 14.4 Å². The van der Waals surface area contributed by atoms with Gasteiger partial charge < -0.3 is 20.5 Å². The highest BCUT2D eigenvalue weighted by Crippen LogP contribution is 2.38. The molecule has 15 nitrogen and oxygen atoms in total. The van der Waals surface area contributed by atoms with Gasteiger partial charge >= 0.3 is 13.2 Å². The lowest BCUT2D eigenvalue weighted by atomic mass is 10.1. The van der Waals surface area contributed by atoms with E-state index in [4.69, 9.17) is 5.73 Å². The molecule has 4 aromatic heterocycles. The molecule has 1 saturated heterocycles. The first-order valence-corrected chi connectivity index (χ1v) is 13.7. The van der Waals surface area contributed by atoms with Crippen molar-refractivity contribution < 1.29 is 31.8 Å². The first-order valence-electron chi connectivity index (χ1n) is 13.7. The Balaban J connectivity index is 1.32. The van der Waals surface area contributed by atoms with Crippen molar-refractivity contribution in [3.8, 4) is 22.8 Å². The average molecular weight is 631 g/mol. The van der Waals surface area contributed by atoms with Gasteiger partial charge in [-0.05, 0) is 49.0 Å². The first-order chi connectivity index (χ1) is 21.8. The Morgan fingerprint density at radius 3 is 2.73 bits per heavy atom. The third kappa shape index (κ3) is 6.68. The van der Waals surface area contributed by atoms with Gasteiger partial charge in [0, 0.05) is 31.7 Å². The lowest BCUT2D eigenvalue weighted by Crippen LogP contribution is -2.48. The highest BCUT2D eigenvalue weighted by molar-refractivity contribution is 6.09. The molecule has 0 bridgehead atoms. The largest absolute Gasteiger partial charge is 0.435 e. The van der Waals surface area contributed by atoms with E-state index in [9.17, 15) is 22.4 Å². The summed E-state index contributed by atoms with van der Waals surface area (Å²) in [6, 6.07) is 4.83. The van der Waals surface area contributed by atoms with Crippen molar-refractivity contribution in [2.45, 2.75) is 32.2 Å². The van der Waals surface area contributed by atoms with E-state index in [1.54, 1.807) is 12.3 Å².